The lowest BCUT2D eigenvalue weighted by Gasteiger charge is -2.48. The molecule has 3 heterocycles. The fraction of sp³-hybridized carbons (Fsp3) is 0.579. The van der Waals surface area contributed by atoms with E-state index in [1.54, 1.807) is 45.0 Å². The maximum Gasteiger partial charge on any atom is 0.332 e. The Morgan fingerprint density at radius 3 is 2.70 bits per heavy atom. The minimum absolute atomic E-state index is 0.0133. The number of hydrogen-bond acceptors (Lipinski definition) is 8. The fourth-order valence-corrected chi connectivity index (χ4v) is 10.2. The van der Waals surface area contributed by atoms with Gasteiger partial charge in [0.05, 0.1) is 34.8 Å². The number of ether oxygens (including phenoxy) is 3. The highest BCUT2D eigenvalue weighted by Crippen LogP contribution is 2.50. The average molecular weight is 729 g/mol. The molecule has 2 aromatic carbocycles. The first-order chi connectivity index (χ1) is 23.8. The SMILES string of the molecule is CC(C)OC(=O)CO[C@H]1C2=CC(C2)[C@H](C)[C@@H](C)S(=O)(=O)NC(=O)c2ccc3c(c2)N(C[C@@H]2CC[C@H]21)C[C@@]1(CCCc2c1ccc(Cl)c2F)CO3. The van der Waals surface area contributed by atoms with Gasteiger partial charge in [-0.15, -0.1) is 0 Å². The second kappa shape index (κ2) is 13.4. The van der Waals surface area contributed by atoms with Crippen molar-refractivity contribution in [3.05, 3.63) is 69.5 Å². The Morgan fingerprint density at radius 1 is 1.20 bits per heavy atom. The molecular formula is C38H46ClFN2O7S. The van der Waals surface area contributed by atoms with E-state index < -0.39 is 32.6 Å². The molecule has 1 amide bonds. The van der Waals surface area contributed by atoms with Crippen molar-refractivity contribution in [3.8, 4) is 5.75 Å². The molecular weight excluding hydrogens is 683 g/mol. The number of rotatable bonds is 4. The third kappa shape index (κ3) is 6.43. The van der Waals surface area contributed by atoms with Gasteiger partial charge in [0.2, 0.25) is 10.0 Å². The lowest BCUT2D eigenvalue weighted by molar-refractivity contribution is -0.156. The highest BCUT2D eigenvalue weighted by molar-refractivity contribution is 7.90. The Bertz CT molecular complexity index is 1830. The van der Waals surface area contributed by atoms with Crippen LogP contribution in [0.2, 0.25) is 5.02 Å². The van der Waals surface area contributed by atoms with E-state index in [9.17, 15) is 18.0 Å². The largest absolute Gasteiger partial charge is 0.490 e. The Hall–Kier alpha value is -3.15. The second-order valence-electron chi connectivity index (χ2n) is 15.3. The van der Waals surface area contributed by atoms with E-state index in [1.807, 2.05) is 13.0 Å². The molecule has 8 rings (SSSR count). The molecule has 9 nitrogen and oxygen atoms in total. The normalized spacial score (nSPS) is 31.5. The number of nitrogens with zero attached hydrogens (tertiary/aromatic N) is 1. The molecule has 3 aliphatic heterocycles. The summed E-state index contributed by atoms with van der Waals surface area (Å²) in [5.74, 6) is -0.879. The van der Waals surface area contributed by atoms with Crippen molar-refractivity contribution in [3.63, 3.8) is 0 Å². The predicted molar refractivity (Wildman–Crippen MR) is 189 cm³/mol. The monoisotopic (exact) mass is 728 g/mol. The average Bonchev–Trinajstić information content (AvgIpc) is 3.18. The maximum absolute atomic E-state index is 15.4. The molecule has 1 fully saturated rings. The van der Waals surface area contributed by atoms with Gasteiger partial charge in [0.25, 0.3) is 5.91 Å². The van der Waals surface area contributed by atoms with Crippen LogP contribution in [0.4, 0.5) is 10.1 Å². The number of fused-ring (bicyclic) bond motifs is 6. The third-order valence-electron chi connectivity index (χ3n) is 11.9. The zero-order valence-electron chi connectivity index (χ0n) is 29.0. The van der Waals surface area contributed by atoms with Crippen LogP contribution in [0.25, 0.3) is 0 Å². The number of benzene rings is 2. The summed E-state index contributed by atoms with van der Waals surface area (Å²) in [5, 5.41) is -0.731. The van der Waals surface area contributed by atoms with Gasteiger partial charge in [-0.3, -0.25) is 4.79 Å². The van der Waals surface area contributed by atoms with Crippen molar-refractivity contribution in [1.29, 1.82) is 0 Å². The number of sulfonamides is 1. The second-order valence-corrected chi connectivity index (χ2v) is 17.7. The van der Waals surface area contributed by atoms with Crippen LogP contribution >= 0.6 is 11.6 Å². The maximum atomic E-state index is 15.4. The number of hydrogen-bond donors (Lipinski definition) is 1. The molecule has 1 spiro atoms. The van der Waals surface area contributed by atoms with Gasteiger partial charge in [0, 0.05) is 24.1 Å². The van der Waals surface area contributed by atoms with Gasteiger partial charge in [0.15, 0.2) is 0 Å². The predicted octanol–water partition coefficient (Wildman–Crippen LogP) is 6.36. The van der Waals surface area contributed by atoms with Crippen molar-refractivity contribution in [2.24, 2.45) is 23.7 Å². The van der Waals surface area contributed by atoms with E-state index in [1.165, 1.54) is 0 Å². The number of nitrogens with one attached hydrogen (secondary N) is 1. The standard InChI is InChI=1S/C38H46ClFN2O7S/c1-21(2)49-34(43)18-47-36-27-14-26(15-27)22(3)23(4)50(45,46)41-37(44)24-8-12-33-32(16-24)42(17-25-7-9-28(25)36)19-38(20-48-33)13-5-6-29-30(38)10-11-31(39)35(29)40/h8,10-12,14,16,21-23,25-26,28,36H,5-7,9,13,15,17-20H2,1-4H3,(H,41,44)/t22-,23-,25+,26?,28-,36+,38+/m1/s1. The number of carbonyl (C=O) groups excluding carboxylic acids is 2. The molecule has 7 atom stereocenters. The van der Waals surface area contributed by atoms with E-state index in [0.717, 1.165) is 36.8 Å². The molecule has 0 aromatic heterocycles. The molecule has 270 valence electrons. The Labute approximate surface area is 298 Å². The van der Waals surface area contributed by atoms with Gasteiger partial charge in [-0.2, -0.15) is 0 Å². The summed E-state index contributed by atoms with van der Waals surface area (Å²) in [6.45, 7) is 8.40. The topological polar surface area (TPSA) is 111 Å². The van der Waals surface area contributed by atoms with Crippen LogP contribution in [-0.2, 0) is 36.1 Å². The summed E-state index contributed by atoms with van der Waals surface area (Å²) in [6.07, 6.45) is 6.18. The molecule has 12 heteroatoms. The fourth-order valence-electron chi connectivity index (χ4n) is 8.73. The summed E-state index contributed by atoms with van der Waals surface area (Å²) >= 11 is 6.24. The molecule has 1 unspecified atom stereocenters. The molecule has 0 saturated heterocycles. The van der Waals surface area contributed by atoms with Crippen LogP contribution in [0.1, 0.15) is 81.3 Å². The molecule has 3 aliphatic carbocycles. The quantitative estimate of drug-likeness (QED) is 0.286. The van der Waals surface area contributed by atoms with Gasteiger partial charge < -0.3 is 19.1 Å². The van der Waals surface area contributed by atoms with Crippen LogP contribution in [0.3, 0.4) is 0 Å². The molecule has 6 aliphatic rings. The Kier molecular flexibility index (Phi) is 9.48. The van der Waals surface area contributed by atoms with E-state index in [4.69, 9.17) is 25.8 Å². The van der Waals surface area contributed by atoms with Gasteiger partial charge in [-0.25, -0.2) is 22.3 Å². The number of amides is 1. The van der Waals surface area contributed by atoms with Crippen molar-refractivity contribution in [2.45, 2.75) is 89.1 Å². The molecule has 1 N–H and O–H groups in total. The first-order valence-corrected chi connectivity index (χ1v) is 19.8. The summed E-state index contributed by atoms with van der Waals surface area (Å²) in [7, 11) is -4.02. The Morgan fingerprint density at radius 2 is 1.98 bits per heavy atom. The lowest BCUT2D eigenvalue weighted by atomic mass is 9.64. The summed E-state index contributed by atoms with van der Waals surface area (Å²) < 4.78 is 63.1. The Balaban J connectivity index is 1.29. The summed E-state index contributed by atoms with van der Waals surface area (Å²) in [6, 6.07) is 8.59. The minimum Gasteiger partial charge on any atom is -0.490 e. The molecule has 1 saturated carbocycles. The number of allylic oxidation sites excluding steroid dienone is 1. The third-order valence-corrected chi connectivity index (χ3v) is 14.1. The number of anilines is 1. The molecule has 50 heavy (non-hydrogen) atoms. The number of esters is 1. The molecule has 0 radical (unpaired) electrons. The van der Waals surface area contributed by atoms with E-state index in [-0.39, 0.29) is 58.9 Å². The van der Waals surface area contributed by atoms with Crippen molar-refractivity contribution >= 4 is 39.2 Å². The van der Waals surface area contributed by atoms with Crippen molar-refractivity contribution in [1.82, 2.24) is 4.72 Å². The van der Waals surface area contributed by atoms with Gasteiger partial charge in [-0.1, -0.05) is 30.7 Å². The van der Waals surface area contributed by atoms with Crippen LogP contribution in [0, 0.1) is 29.5 Å². The smallest absolute Gasteiger partial charge is 0.332 e. The molecule has 2 aromatic rings. The minimum atomic E-state index is -4.02. The lowest BCUT2D eigenvalue weighted by Crippen LogP contribution is -2.51. The zero-order valence-corrected chi connectivity index (χ0v) is 30.6. The summed E-state index contributed by atoms with van der Waals surface area (Å²) in [5.41, 5.74) is 2.94. The van der Waals surface area contributed by atoms with E-state index in [0.29, 0.717) is 49.5 Å². The van der Waals surface area contributed by atoms with Gasteiger partial charge in [0.1, 0.15) is 18.2 Å². The van der Waals surface area contributed by atoms with Gasteiger partial charge in [-0.05, 0) is 124 Å². The molecule has 4 bridgehead atoms. The van der Waals surface area contributed by atoms with Crippen LogP contribution < -0.4 is 14.4 Å². The number of carbonyl (C=O) groups is 2. The zero-order chi connectivity index (χ0) is 35.5. The van der Waals surface area contributed by atoms with Crippen molar-refractivity contribution < 1.29 is 36.6 Å². The van der Waals surface area contributed by atoms with Crippen LogP contribution in [-0.4, -0.2) is 64.1 Å². The number of halogens is 2. The van der Waals surface area contributed by atoms with E-state index in [2.05, 4.69) is 15.7 Å². The first kappa shape index (κ1) is 35.3. The first-order valence-electron chi connectivity index (χ1n) is 17.8. The van der Waals surface area contributed by atoms with Crippen molar-refractivity contribution in [2.75, 3.05) is 31.2 Å². The van der Waals surface area contributed by atoms with Gasteiger partial charge >= 0.3 is 5.97 Å². The van der Waals surface area contributed by atoms with E-state index >= 15 is 4.39 Å². The highest BCUT2D eigenvalue weighted by atomic mass is 35.5. The highest BCUT2D eigenvalue weighted by Gasteiger charge is 2.47. The van der Waals surface area contributed by atoms with Crippen LogP contribution in [0.15, 0.2) is 42.0 Å². The summed E-state index contributed by atoms with van der Waals surface area (Å²) in [4.78, 5) is 28.4. The van der Waals surface area contributed by atoms with Crippen LogP contribution in [0.5, 0.6) is 5.75 Å².